The Hall–Kier alpha value is -2.44. The summed E-state index contributed by atoms with van der Waals surface area (Å²) in [5.41, 5.74) is 1.06. The minimum absolute atomic E-state index is 0.0909. The molecule has 2 rings (SSSR count). The van der Waals surface area contributed by atoms with E-state index in [1.165, 1.54) is 0 Å². The number of hydrogen-bond acceptors (Lipinski definition) is 4. The molecule has 0 bridgehead atoms. The normalized spacial score (nSPS) is 16.6. The number of nitrogens with zero attached hydrogens (tertiary/aromatic N) is 1. The van der Waals surface area contributed by atoms with Gasteiger partial charge in [-0.2, -0.15) is 0 Å². The number of likely N-dealkylation sites (tertiary alicyclic amines) is 1. The first kappa shape index (κ1) is 20.9. The Kier molecular flexibility index (Phi) is 7.76. The number of nitrogens with one attached hydrogen (secondary N) is 2. The molecule has 1 atom stereocenters. The van der Waals surface area contributed by atoms with Crippen LogP contribution in [-0.4, -0.2) is 55.2 Å². The van der Waals surface area contributed by atoms with Gasteiger partial charge in [-0.25, -0.2) is 4.79 Å². The largest absolute Gasteiger partial charge is 0.490 e. The number of benzene rings is 1. The van der Waals surface area contributed by atoms with Gasteiger partial charge in [0.1, 0.15) is 0 Å². The minimum Gasteiger partial charge on any atom is -0.490 e. The van der Waals surface area contributed by atoms with Gasteiger partial charge in [0.15, 0.2) is 11.5 Å². The average molecular weight is 377 g/mol. The third kappa shape index (κ3) is 6.05. The molecule has 0 aliphatic carbocycles. The molecule has 1 aromatic carbocycles. The van der Waals surface area contributed by atoms with Crippen molar-refractivity contribution in [3.8, 4) is 11.5 Å². The number of ether oxygens (including phenoxy) is 2. The molecule has 1 heterocycles. The summed E-state index contributed by atoms with van der Waals surface area (Å²) < 4.78 is 11.2. The van der Waals surface area contributed by atoms with E-state index < -0.39 is 0 Å². The summed E-state index contributed by atoms with van der Waals surface area (Å²) >= 11 is 0. The lowest BCUT2D eigenvalue weighted by molar-refractivity contribution is -0.129. The molecule has 0 aromatic heterocycles. The van der Waals surface area contributed by atoms with E-state index in [2.05, 4.69) is 10.6 Å². The highest BCUT2D eigenvalue weighted by molar-refractivity contribution is 5.81. The highest BCUT2D eigenvalue weighted by Crippen LogP contribution is 2.28. The molecule has 150 valence electrons. The fourth-order valence-electron chi connectivity index (χ4n) is 3.14. The zero-order valence-electron chi connectivity index (χ0n) is 16.7. The summed E-state index contributed by atoms with van der Waals surface area (Å²) in [7, 11) is 0. The maximum Gasteiger partial charge on any atom is 0.315 e. The van der Waals surface area contributed by atoms with Gasteiger partial charge in [-0.15, -0.1) is 0 Å². The lowest BCUT2D eigenvalue weighted by Crippen LogP contribution is -2.44. The minimum atomic E-state index is -0.241. The predicted octanol–water partition coefficient (Wildman–Crippen LogP) is 2.33. The van der Waals surface area contributed by atoms with Crippen LogP contribution in [-0.2, 0) is 11.2 Å². The summed E-state index contributed by atoms with van der Waals surface area (Å²) in [6, 6.07) is 5.61. The zero-order valence-corrected chi connectivity index (χ0v) is 16.7. The third-order valence-corrected chi connectivity index (χ3v) is 4.42. The molecular formula is C20H31N3O4. The summed E-state index contributed by atoms with van der Waals surface area (Å²) in [6.07, 6.45) is 1.05. The van der Waals surface area contributed by atoms with Crippen molar-refractivity contribution in [1.82, 2.24) is 15.5 Å². The summed E-state index contributed by atoms with van der Waals surface area (Å²) in [5.74, 6) is 1.54. The van der Waals surface area contributed by atoms with Gasteiger partial charge in [0.05, 0.1) is 19.3 Å². The molecule has 1 fully saturated rings. The van der Waals surface area contributed by atoms with E-state index in [-0.39, 0.29) is 24.0 Å². The molecular weight excluding hydrogens is 346 g/mol. The Morgan fingerprint density at radius 1 is 1.22 bits per heavy atom. The van der Waals surface area contributed by atoms with E-state index in [1.54, 1.807) is 4.90 Å². The van der Waals surface area contributed by atoms with Crippen molar-refractivity contribution < 1.29 is 19.1 Å². The molecule has 27 heavy (non-hydrogen) atoms. The second kappa shape index (κ2) is 10.0. The van der Waals surface area contributed by atoms with Gasteiger partial charge in [-0.1, -0.05) is 6.07 Å². The van der Waals surface area contributed by atoms with E-state index in [1.807, 2.05) is 45.9 Å². The van der Waals surface area contributed by atoms with Crippen LogP contribution in [0.15, 0.2) is 18.2 Å². The maximum absolute atomic E-state index is 12.1. The van der Waals surface area contributed by atoms with E-state index in [9.17, 15) is 9.59 Å². The predicted molar refractivity (Wildman–Crippen MR) is 104 cm³/mol. The Balaban J connectivity index is 1.79. The molecule has 0 radical (unpaired) electrons. The van der Waals surface area contributed by atoms with Crippen molar-refractivity contribution in [1.29, 1.82) is 0 Å². The first-order chi connectivity index (χ1) is 12.9. The lowest BCUT2D eigenvalue weighted by atomic mass is 10.1. The summed E-state index contributed by atoms with van der Waals surface area (Å²) in [4.78, 5) is 25.8. The van der Waals surface area contributed by atoms with Crippen molar-refractivity contribution in [2.24, 2.45) is 0 Å². The second-order valence-corrected chi connectivity index (χ2v) is 6.84. The highest BCUT2D eigenvalue weighted by Gasteiger charge is 2.31. The van der Waals surface area contributed by atoms with Gasteiger partial charge in [0, 0.05) is 25.6 Å². The number of urea groups is 1. The lowest BCUT2D eigenvalue weighted by Gasteiger charge is -2.21. The molecule has 0 saturated carbocycles. The van der Waals surface area contributed by atoms with Crippen molar-refractivity contribution >= 4 is 11.9 Å². The quantitative estimate of drug-likeness (QED) is 0.692. The number of rotatable bonds is 9. The molecule has 1 unspecified atom stereocenters. The van der Waals surface area contributed by atoms with Crippen LogP contribution in [0.4, 0.5) is 4.79 Å². The fraction of sp³-hybridized carbons (Fsp3) is 0.600. The van der Waals surface area contributed by atoms with Crippen LogP contribution in [0.3, 0.4) is 0 Å². The molecule has 1 saturated heterocycles. The van der Waals surface area contributed by atoms with Crippen molar-refractivity contribution in [2.45, 2.75) is 52.6 Å². The average Bonchev–Trinajstić information content (AvgIpc) is 2.98. The SMILES string of the molecule is CCOc1ccc(CCNC(=O)NC2CC(=O)N(C(C)C)C2)cc1OCC. The van der Waals surface area contributed by atoms with Gasteiger partial charge in [0.25, 0.3) is 0 Å². The standard InChI is InChI=1S/C20H31N3O4/c1-5-26-17-8-7-15(11-18(17)27-6-2)9-10-21-20(25)22-16-12-19(24)23(13-16)14(3)4/h7-8,11,14,16H,5-6,9-10,12-13H2,1-4H3,(H2,21,22,25). The van der Waals surface area contributed by atoms with E-state index in [0.29, 0.717) is 39.1 Å². The smallest absolute Gasteiger partial charge is 0.315 e. The van der Waals surface area contributed by atoms with E-state index in [0.717, 1.165) is 17.1 Å². The van der Waals surface area contributed by atoms with E-state index >= 15 is 0 Å². The summed E-state index contributed by atoms with van der Waals surface area (Å²) in [5, 5.41) is 5.74. The van der Waals surface area contributed by atoms with Crippen LogP contribution >= 0.6 is 0 Å². The molecule has 1 aromatic rings. The molecule has 7 nitrogen and oxygen atoms in total. The van der Waals surface area contributed by atoms with Gasteiger partial charge in [-0.05, 0) is 51.8 Å². The van der Waals surface area contributed by atoms with Crippen molar-refractivity contribution in [2.75, 3.05) is 26.3 Å². The van der Waals surface area contributed by atoms with Crippen molar-refractivity contribution in [3.63, 3.8) is 0 Å². The number of amides is 3. The van der Waals surface area contributed by atoms with Gasteiger partial charge < -0.3 is 25.0 Å². The van der Waals surface area contributed by atoms with Crippen LogP contribution < -0.4 is 20.1 Å². The third-order valence-electron chi connectivity index (χ3n) is 4.42. The van der Waals surface area contributed by atoms with Gasteiger partial charge >= 0.3 is 6.03 Å². The number of carbonyl (C=O) groups is 2. The molecule has 7 heteroatoms. The Bertz CT molecular complexity index is 648. The number of hydrogen-bond donors (Lipinski definition) is 2. The van der Waals surface area contributed by atoms with Crippen LogP contribution in [0.25, 0.3) is 0 Å². The Labute approximate surface area is 161 Å². The molecule has 1 aliphatic heterocycles. The topological polar surface area (TPSA) is 79.9 Å². The van der Waals surface area contributed by atoms with Crippen LogP contribution in [0.5, 0.6) is 11.5 Å². The highest BCUT2D eigenvalue weighted by atomic mass is 16.5. The molecule has 1 aliphatic rings. The Morgan fingerprint density at radius 2 is 1.93 bits per heavy atom. The second-order valence-electron chi connectivity index (χ2n) is 6.84. The van der Waals surface area contributed by atoms with Crippen LogP contribution in [0, 0.1) is 0 Å². The van der Waals surface area contributed by atoms with E-state index in [4.69, 9.17) is 9.47 Å². The van der Waals surface area contributed by atoms with Gasteiger partial charge in [0.2, 0.25) is 5.91 Å². The molecule has 0 spiro atoms. The van der Waals surface area contributed by atoms with Crippen LogP contribution in [0.2, 0.25) is 0 Å². The first-order valence-electron chi connectivity index (χ1n) is 9.66. The monoisotopic (exact) mass is 377 g/mol. The fourth-order valence-corrected chi connectivity index (χ4v) is 3.14. The maximum atomic E-state index is 12.1. The Morgan fingerprint density at radius 3 is 2.56 bits per heavy atom. The number of carbonyl (C=O) groups excluding carboxylic acids is 2. The van der Waals surface area contributed by atoms with Crippen LogP contribution in [0.1, 0.15) is 39.7 Å². The molecule has 3 amide bonds. The first-order valence-corrected chi connectivity index (χ1v) is 9.66. The van der Waals surface area contributed by atoms with Crippen molar-refractivity contribution in [3.05, 3.63) is 23.8 Å². The van der Waals surface area contributed by atoms with Gasteiger partial charge in [-0.3, -0.25) is 4.79 Å². The summed E-state index contributed by atoms with van der Waals surface area (Å²) in [6.45, 7) is 10.0. The molecule has 2 N–H and O–H groups in total. The zero-order chi connectivity index (χ0) is 19.8.